The zero-order valence-corrected chi connectivity index (χ0v) is 15.4. The van der Waals surface area contributed by atoms with Gasteiger partial charge in [0.2, 0.25) is 0 Å². The Labute approximate surface area is 156 Å². The third-order valence-corrected chi connectivity index (χ3v) is 5.52. The molecule has 1 aliphatic heterocycles. The lowest BCUT2D eigenvalue weighted by Crippen LogP contribution is -2.38. The van der Waals surface area contributed by atoms with Crippen molar-refractivity contribution < 1.29 is 9.18 Å². The van der Waals surface area contributed by atoms with E-state index in [-0.39, 0.29) is 11.7 Å². The van der Waals surface area contributed by atoms with Gasteiger partial charge in [-0.25, -0.2) is 9.37 Å². The number of hydrogen-bond acceptors (Lipinski definition) is 2. The van der Waals surface area contributed by atoms with Gasteiger partial charge in [-0.05, 0) is 42.9 Å². The minimum absolute atomic E-state index is 0.110. The lowest BCUT2D eigenvalue weighted by Gasteiger charge is -2.32. The molecule has 6 heteroatoms. The summed E-state index contributed by atoms with van der Waals surface area (Å²) in [7, 11) is 0. The second-order valence-electron chi connectivity index (χ2n) is 6.23. The Balaban J connectivity index is 1.71. The van der Waals surface area contributed by atoms with E-state index in [2.05, 4.69) is 4.98 Å². The third-order valence-electron chi connectivity index (χ3n) is 4.76. The van der Waals surface area contributed by atoms with Crippen LogP contribution in [0.2, 0.25) is 10.2 Å². The molecule has 0 unspecified atom stereocenters. The van der Waals surface area contributed by atoms with E-state index in [4.69, 9.17) is 23.2 Å². The van der Waals surface area contributed by atoms with Gasteiger partial charge in [0.1, 0.15) is 11.0 Å². The Morgan fingerprint density at radius 3 is 2.48 bits per heavy atom. The molecule has 0 aliphatic carbocycles. The van der Waals surface area contributed by atoms with Crippen LogP contribution < -0.4 is 0 Å². The summed E-state index contributed by atoms with van der Waals surface area (Å²) in [6.07, 6.45) is 3.77. The molecule has 0 spiro atoms. The molecule has 25 heavy (non-hydrogen) atoms. The maximum Gasteiger partial charge on any atom is 0.256 e. The molecule has 0 atom stereocenters. The quantitative estimate of drug-likeness (QED) is 0.693. The highest BCUT2D eigenvalue weighted by Crippen LogP contribution is 2.31. The minimum atomic E-state index is -0.229. The van der Waals surface area contributed by atoms with Crippen LogP contribution in [-0.2, 0) is 6.42 Å². The summed E-state index contributed by atoms with van der Waals surface area (Å²) in [6.45, 7) is 3.21. The second-order valence-corrected chi connectivity index (χ2v) is 6.96. The molecule has 3 rings (SSSR count). The van der Waals surface area contributed by atoms with Crippen molar-refractivity contribution in [3.8, 4) is 0 Å². The first-order valence-electron chi connectivity index (χ1n) is 8.38. The van der Waals surface area contributed by atoms with E-state index in [1.54, 1.807) is 4.90 Å². The molecule has 0 N–H and O–H groups in total. The van der Waals surface area contributed by atoms with Crippen LogP contribution in [0.15, 0.2) is 30.5 Å². The number of rotatable bonds is 3. The fourth-order valence-corrected chi connectivity index (χ4v) is 3.96. The van der Waals surface area contributed by atoms with Crippen LogP contribution in [0.1, 0.15) is 47.2 Å². The van der Waals surface area contributed by atoms with Gasteiger partial charge in [0.25, 0.3) is 5.91 Å². The third kappa shape index (κ3) is 3.80. The number of pyridine rings is 1. The summed E-state index contributed by atoms with van der Waals surface area (Å²) in [6, 6.07) is 6.62. The van der Waals surface area contributed by atoms with Gasteiger partial charge >= 0.3 is 0 Å². The summed E-state index contributed by atoms with van der Waals surface area (Å²) < 4.78 is 13.1. The highest BCUT2D eigenvalue weighted by Gasteiger charge is 2.27. The van der Waals surface area contributed by atoms with Crippen molar-refractivity contribution in [3.05, 3.63) is 63.1 Å². The molecule has 0 radical (unpaired) electrons. The molecule has 3 nitrogen and oxygen atoms in total. The first-order valence-corrected chi connectivity index (χ1v) is 9.14. The Kier molecular flexibility index (Phi) is 5.60. The standard InChI is InChI=1S/C19H19Cl2FN2O/c1-2-15-17(20)16(11-23-18(15)21)19(25)24-9-7-13(8-10-24)12-3-5-14(22)6-4-12/h3-6,11,13H,2,7-10H2,1H3. The number of halogens is 3. The topological polar surface area (TPSA) is 33.2 Å². The summed E-state index contributed by atoms with van der Waals surface area (Å²) in [5.41, 5.74) is 2.23. The maximum absolute atomic E-state index is 13.1. The van der Waals surface area contributed by atoms with E-state index < -0.39 is 0 Å². The van der Waals surface area contributed by atoms with Crippen LogP contribution >= 0.6 is 23.2 Å². The second kappa shape index (κ2) is 7.71. The van der Waals surface area contributed by atoms with E-state index in [1.165, 1.54) is 18.3 Å². The van der Waals surface area contributed by atoms with Crippen molar-refractivity contribution in [2.45, 2.75) is 32.1 Å². The number of benzene rings is 1. The Bertz CT molecular complexity index is 772. The van der Waals surface area contributed by atoms with Gasteiger partial charge in [-0.3, -0.25) is 4.79 Å². The molecule has 2 aromatic rings. The average molecular weight is 381 g/mol. The molecule has 2 heterocycles. The minimum Gasteiger partial charge on any atom is -0.339 e. The average Bonchev–Trinajstić information content (AvgIpc) is 2.62. The number of carbonyl (C=O) groups is 1. The fourth-order valence-electron chi connectivity index (χ4n) is 3.28. The number of carbonyl (C=O) groups excluding carboxylic acids is 1. The van der Waals surface area contributed by atoms with Crippen molar-refractivity contribution in [1.82, 2.24) is 9.88 Å². The monoisotopic (exact) mass is 380 g/mol. The fraction of sp³-hybridized carbons (Fsp3) is 0.368. The van der Waals surface area contributed by atoms with Gasteiger partial charge in [-0.15, -0.1) is 0 Å². The Morgan fingerprint density at radius 2 is 1.88 bits per heavy atom. The molecule has 1 aliphatic rings. The van der Waals surface area contributed by atoms with Gasteiger partial charge in [-0.1, -0.05) is 42.3 Å². The lowest BCUT2D eigenvalue weighted by molar-refractivity contribution is 0.0712. The van der Waals surface area contributed by atoms with Crippen LogP contribution in [0.25, 0.3) is 0 Å². The highest BCUT2D eigenvalue weighted by atomic mass is 35.5. The van der Waals surface area contributed by atoms with Crippen LogP contribution in [0, 0.1) is 5.82 Å². The molecule has 0 saturated carbocycles. The zero-order valence-electron chi connectivity index (χ0n) is 13.9. The van der Waals surface area contributed by atoms with E-state index in [0.717, 1.165) is 18.4 Å². The van der Waals surface area contributed by atoms with Crippen LogP contribution in [0.5, 0.6) is 0 Å². The smallest absolute Gasteiger partial charge is 0.256 e. The van der Waals surface area contributed by atoms with Gasteiger partial charge in [0.05, 0.1) is 10.6 Å². The van der Waals surface area contributed by atoms with Crippen LogP contribution in [0.3, 0.4) is 0 Å². The van der Waals surface area contributed by atoms with Crippen molar-refractivity contribution in [3.63, 3.8) is 0 Å². The number of likely N-dealkylation sites (tertiary alicyclic amines) is 1. The van der Waals surface area contributed by atoms with Gasteiger partial charge < -0.3 is 4.90 Å². The number of amides is 1. The molecule has 1 fully saturated rings. The molecule has 1 aromatic heterocycles. The highest BCUT2D eigenvalue weighted by molar-refractivity contribution is 6.37. The van der Waals surface area contributed by atoms with Crippen LogP contribution in [-0.4, -0.2) is 28.9 Å². The Hall–Kier alpha value is -1.65. The van der Waals surface area contributed by atoms with Crippen LogP contribution in [0.4, 0.5) is 4.39 Å². The molecular formula is C19H19Cl2FN2O. The SMILES string of the molecule is CCc1c(Cl)ncc(C(=O)N2CCC(c3ccc(F)cc3)CC2)c1Cl. The first-order chi connectivity index (χ1) is 12.0. The molecule has 1 amide bonds. The molecule has 1 saturated heterocycles. The molecule has 0 bridgehead atoms. The van der Waals surface area contributed by atoms with Gasteiger partial charge in [0.15, 0.2) is 0 Å². The van der Waals surface area contributed by atoms with Crippen molar-refractivity contribution >= 4 is 29.1 Å². The lowest BCUT2D eigenvalue weighted by atomic mass is 9.89. The number of hydrogen-bond donors (Lipinski definition) is 0. The summed E-state index contributed by atoms with van der Waals surface area (Å²) in [5.74, 6) is 0.00376. The van der Waals surface area contributed by atoms with Gasteiger partial charge in [0, 0.05) is 24.8 Å². The van der Waals surface area contributed by atoms with E-state index in [0.29, 0.717) is 46.7 Å². The predicted octanol–water partition coefficient (Wildman–Crippen LogP) is 5.11. The summed E-state index contributed by atoms with van der Waals surface area (Å²) in [4.78, 5) is 18.7. The number of piperidine rings is 1. The van der Waals surface area contributed by atoms with Crippen molar-refractivity contribution in [2.24, 2.45) is 0 Å². The molecular weight excluding hydrogens is 362 g/mol. The molecule has 1 aromatic carbocycles. The predicted molar refractivity (Wildman–Crippen MR) is 97.9 cm³/mol. The van der Waals surface area contributed by atoms with E-state index in [1.807, 2.05) is 19.1 Å². The zero-order chi connectivity index (χ0) is 18.0. The van der Waals surface area contributed by atoms with Gasteiger partial charge in [-0.2, -0.15) is 0 Å². The largest absolute Gasteiger partial charge is 0.339 e. The van der Waals surface area contributed by atoms with E-state index >= 15 is 0 Å². The normalized spacial score (nSPS) is 15.4. The van der Waals surface area contributed by atoms with Crippen molar-refractivity contribution in [2.75, 3.05) is 13.1 Å². The number of aromatic nitrogens is 1. The molecule has 132 valence electrons. The first kappa shape index (κ1) is 18.2. The Morgan fingerprint density at radius 1 is 1.24 bits per heavy atom. The maximum atomic E-state index is 13.1. The van der Waals surface area contributed by atoms with E-state index in [9.17, 15) is 9.18 Å². The number of nitrogens with zero attached hydrogens (tertiary/aromatic N) is 2. The summed E-state index contributed by atoms with van der Waals surface area (Å²) in [5, 5.41) is 0.743. The van der Waals surface area contributed by atoms with Crippen molar-refractivity contribution in [1.29, 1.82) is 0 Å². The summed E-state index contributed by atoms with van der Waals surface area (Å²) >= 11 is 12.4.